The number of aromatic nitrogens is 1. The normalized spacial score (nSPS) is 20.1. The lowest BCUT2D eigenvalue weighted by atomic mass is 9.73. The highest BCUT2D eigenvalue weighted by Crippen LogP contribution is 2.46. The molecule has 3 aliphatic rings. The first-order chi connectivity index (χ1) is 19.3. The van der Waals surface area contributed by atoms with Crippen molar-refractivity contribution in [2.75, 3.05) is 13.1 Å². The Labute approximate surface area is 235 Å². The van der Waals surface area contributed by atoms with E-state index in [1.54, 1.807) is 4.90 Å². The Bertz CT molecular complexity index is 1210. The summed E-state index contributed by atoms with van der Waals surface area (Å²) in [7, 11) is 0. The molecule has 2 aliphatic carbocycles. The second-order valence-corrected chi connectivity index (χ2v) is 11.9. The van der Waals surface area contributed by atoms with Gasteiger partial charge in [0.05, 0.1) is 18.2 Å². The lowest BCUT2D eigenvalue weighted by Gasteiger charge is -2.41. The summed E-state index contributed by atoms with van der Waals surface area (Å²) in [5.74, 6) is -2.08. The van der Waals surface area contributed by atoms with Gasteiger partial charge in [0.15, 0.2) is 5.78 Å². The summed E-state index contributed by atoms with van der Waals surface area (Å²) in [5, 5.41) is 6.41. The average Bonchev–Trinajstić information content (AvgIpc) is 3.62. The molecule has 2 aromatic rings. The molecule has 1 aliphatic heterocycles. The highest BCUT2D eigenvalue weighted by atomic mass is 16.5. The summed E-state index contributed by atoms with van der Waals surface area (Å²) in [4.78, 5) is 53.9. The Hall–Kier alpha value is -3.49. The molecule has 3 amide bonds. The Kier molecular flexibility index (Phi) is 8.66. The number of hydrogen-bond acceptors (Lipinski definition) is 6. The smallest absolute Gasteiger partial charge is 0.290 e. The number of hydrogen-bond donors (Lipinski definition) is 2. The molecule has 1 aromatic carbocycles. The summed E-state index contributed by atoms with van der Waals surface area (Å²) >= 11 is 0. The number of aryl methyl sites for hydroxylation is 1. The molecule has 40 heavy (non-hydrogen) atoms. The number of nitrogens with zero attached hydrogens (tertiary/aromatic N) is 2. The molecular formula is C31H40N4O5. The van der Waals surface area contributed by atoms with Crippen LogP contribution in [-0.4, -0.2) is 52.7 Å². The van der Waals surface area contributed by atoms with Crippen LogP contribution in [0.2, 0.25) is 0 Å². The molecule has 0 bridgehead atoms. The number of fused-ring (bicyclic) bond motifs is 2. The third kappa shape index (κ3) is 6.29. The van der Waals surface area contributed by atoms with Crippen molar-refractivity contribution in [3.8, 4) is 0 Å². The number of amides is 3. The van der Waals surface area contributed by atoms with E-state index in [2.05, 4.69) is 34.7 Å². The lowest BCUT2D eigenvalue weighted by molar-refractivity contribution is -0.141. The number of likely N-dealkylation sites (tertiary alicyclic amines) is 1. The molecule has 9 heteroatoms. The molecule has 9 nitrogen and oxygen atoms in total. The number of benzene rings is 1. The fraction of sp³-hybridized carbons (Fsp3) is 0.581. The molecule has 2 heterocycles. The predicted molar refractivity (Wildman–Crippen MR) is 148 cm³/mol. The number of rotatable bonds is 10. The largest absolute Gasteiger partial charge is 0.370 e. The van der Waals surface area contributed by atoms with Gasteiger partial charge in [-0.2, -0.15) is 0 Å². The maximum absolute atomic E-state index is 13.7. The molecule has 214 valence electrons. The quantitative estimate of drug-likeness (QED) is 0.465. The standard InChI is InChI=1S/C31H40N4O5/c32-28(37)20-23(30(39)35-16-13-31(14-17-35)12-10-22-8-4-5-9-24(22)31)19-26(36)25(18-21-6-2-1-3-7-21)34-29(38)27-11-15-33-40-27/h4-5,8-9,11,15,21,23,25H,1-3,6-7,10,12-14,16-20H2,(H2,32,37)(H,34,38)/t23-,25-/m0/s1. The third-order valence-electron chi connectivity index (χ3n) is 9.39. The zero-order valence-corrected chi connectivity index (χ0v) is 23.1. The van der Waals surface area contributed by atoms with E-state index in [0.717, 1.165) is 51.4 Å². The highest BCUT2D eigenvalue weighted by molar-refractivity contribution is 5.97. The predicted octanol–water partition coefficient (Wildman–Crippen LogP) is 3.70. The highest BCUT2D eigenvalue weighted by Gasteiger charge is 2.43. The molecule has 1 saturated heterocycles. The minimum atomic E-state index is -0.842. The van der Waals surface area contributed by atoms with Gasteiger partial charge in [-0.05, 0) is 54.6 Å². The van der Waals surface area contributed by atoms with Gasteiger partial charge in [0, 0.05) is 32.0 Å². The SMILES string of the molecule is NC(=O)C[C@H](CC(=O)[C@H](CC1CCCCC1)NC(=O)c1ccno1)C(=O)N1CCC2(CCc3ccccc32)CC1. The van der Waals surface area contributed by atoms with Crippen LogP contribution in [0.4, 0.5) is 0 Å². The van der Waals surface area contributed by atoms with Crippen LogP contribution in [0.5, 0.6) is 0 Å². The van der Waals surface area contributed by atoms with E-state index in [0.29, 0.717) is 25.4 Å². The van der Waals surface area contributed by atoms with Gasteiger partial charge >= 0.3 is 0 Å². The average molecular weight is 549 g/mol. The molecule has 0 radical (unpaired) electrons. The van der Waals surface area contributed by atoms with Crippen molar-refractivity contribution in [2.24, 2.45) is 17.6 Å². The van der Waals surface area contributed by atoms with E-state index in [1.165, 1.54) is 29.8 Å². The van der Waals surface area contributed by atoms with E-state index in [4.69, 9.17) is 10.3 Å². The van der Waals surface area contributed by atoms with Crippen LogP contribution in [0.3, 0.4) is 0 Å². The summed E-state index contributed by atoms with van der Waals surface area (Å²) in [6, 6.07) is 9.25. The van der Waals surface area contributed by atoms with Crippen molar-refractivity contribution in [3.05, 3.63) is 53.4 Å². The van der Waals surface area contributed by atoms with Gasteiger partial charge in [-0.25, -0.2) is 0 Å². The van der Waals surface area contributed by atoms with Gasteiger partial charge < -0.3 is 20.5 Å². The zero-order chi connectivity index (χ0) is 28.1. The zero-order valence-electron chi connectivity index (χ0n) is 23.1. The maximum Gasteiger partial charge on any atom is 0.290 e. The summed E-state index contributed by atoms with van der Waals surface area (Å²) in [6.07, 6.45) is 10.8. The van der Waals surface area contributed by atoms with Crippen molar-refractivity contribution in [2.45, 2.75) is 88.5 Å². The maximum atomic E-state index is 13.7. The number of Topliss-reactive ketones (excluding diaryl/α,β-unsaturated/α-hetero) is 1. The fourth-order valence-electron chi connectivity index (χ4n) is 7.16. The number of nitrogens with one attached hydrogen (secondary N) is 1. The van der Waals surface area contributed by atoms with Crippen LogP contribution in [0.15, 0.2) is 41.1 Å². The molecule has 2 atom stereocenters. The first kappa shape index (κ1) is 28.1. The topological polar surface area (TPSA) is 136 Å². The monoisotopic (exact) mass is 548 g/mol. The summed E-state index contributed by atoms with van der Waals surface area (Å²) in [5.41, 5.74) is 8.44. The first-order valence-electron chi connectivity index (χ1n) is 14.7. The number of piperidine rings is 1. The summed E-state index contributed by atoms with van der Waals surface area (Å²) < 4.78 is 4.98. The molecule has 0 unspecified atom stereocenters. The van der Waals surface area contributed by atoms with Gasteiger partial charge in [-0.1, -0.05) is 61.5 Å². The Balaban J connectivity index is 1.26. The fourth-order valence-corrected chi connectivity index (χ4v) is 7.16. The van der Waals surface area contributed by atoms with Gasteiger partial charge in [-0.15, -0.1) is 0 Å². The molecular weight excluding hydrogens is 508 g/mol. The van der Waals surface area contributed by atoms with Crippen LogP contribution >= 0.6 is 0 Å². The van der Waals surface area contributed by atoms with E-state index in [1.807, 2.05) is 0 Å². The molecule has 1 aromatic heterocycles. The second kappa shape index (κ2) is 12.4. The van der Waals surface area contributed by atoms with E-state index in [9.17, 15) is 19.2 Å². The second-order valence-electron chi connectivity index (χ2n) is 11.9. The van der Waals surface area contributed by atoms with Crippen LogP contribution in [-0.2, 0) is 26.2 Å². The number of ketones is 1. The van der Waals surface area contributed by atoms with Crippen LogP contribution in [0.1, 0.15) is 92.3 Å². The summed E-state index contributed by atoms with van der Waals surface area (Å²) in [6.45, 7) is 1.18. The van der Waals surface area contributed by atoms with Crippen LogP contribution < -0.4 is 11.1 Å². The molecule has 1 spiro atoms. The number of carbonyl (C=O) groups excluding carboxylic acids is 4. The van der Waals surface area contributed by atoms with Gasteiger partial charge in [0.25, 0.3) is 5.91 Å². The first-order valence-corrected chi connectivity index (χ1v) is 14.7. The van der Waals surface area contributed by atoms with E-state index < -0.39 is 23.8 Å². The Morgan fingerprint density at radius 3 is 2.48 bits per heavy atom. The van der Waals surface area contributed by atoms with Crippen molar-refractivity contribution in [3.63, 3.8) is 0 Å². The van der Waals surface area contributed by atoms with Crippen molar-refractivity contribution in [1.29, 1.82) is 0 Å². The Morgan fingerprint density at radius 1 is 1.02 bits per heavy atom. The number of carbonyl (C=O) groups is 4. The van der Waals surface area contributed by atoms with Gasteiger partial charge in [0.1, 0.15) is 0 Å². The van der Waals surface area contributed by atoms with Gasteiger partial charge in [-0.3, -0.25) is 19.2 Å². The third-order valence-corrected chi connectivity index (χ3v) is 9.39. The van der Waals surface area contributed by atoms with Crippen molar-refractivity contribution in [1.82, 2.24) is 15.4 Å². The lowest BCUT2D eigenvalue weighted by Crippen LogP contribution is -2.48. The molecule has 1 saturated carbocycles. The van der Waals surface area contributed by atoms with Crippen LogP contribution in [0.25, 0.3) is 0 Å². The van der Waals surface area contributed by atoms with E-state index in [-0.39, 0.29) is 35.7 Å². The minimum Gasteiger partial charge on any atom is -0.370 e. The van der Waals surface area contributed by atoms with Gasteiger partial charge in [0.2, 0.25) is 17.6 Å². The molecule has 5 rings (SSSR count). The van der Waals surface area contributed by atoms with E-state index >= 15 is 0 Å². The molecule has 3 N–H and O–H groups in total. The van der Waals surface area contributed by atoms with Crippen molar-refractivity contribution >= 4 is 23.5 Å². The Morgan fingerprint density at radius 2 is 1.77 bits per heavy atom. The number of primary amides is 1. The molecule has 2 fully saturated rings. The van der Waals surface area contributed by atoms with Crippen LogP contribution in [0, 0.1) is 11.8 Å². The van der Waals surface area contributed by atoms with Crippen molar-refractivity contribution < 1.29 is 23.7 Å². The minimum absolute atomic E-state index is 0.0296. The number of nitrogens with two attached hydrogens (primary N) is 1.